The first kappa shape index (κ1) is 25.4. The van der Waals surface area contributed by atoms with Gasteiger partial charge in [0, 0.05) is 23.5 Å². The molecule has 0 amide bonds. The van der Waals surface area contributed by atoms with Gasteiger partial charge in [0.25, 0.3) is 0 Å². The monoisotopic (exact) mass is 515 g/mol. The van der Waals surface area contributed by atoms with Crippen LogP contribution in [-0.4, -0.2) is 61.4 Å². The third kappa shape index (κ3) is 5.89. The first-order valence-electron chi connectivity index (χ1n) is 14.7. The highest BCUT2D eigenvalue weighted by Crippen LogP contribution is 2.46. The molecule has 0 aromatic carbocycles. The minimum absolute atomic E-state index is 0.0399. The van der Waals surface area contributed by atoms with Gasteiger partial charge in [0.15, 0.2) is 0 Å². The SMILES string of the molecule is CC(SC1CC[C@@H](/C=C/C2CCC3CC(O)CCC3C2)OC1)C(Cn1cncn1)C1CCC2CC1O2. The van der Waals surface area contributed by atoms with Crippen LogP contribution in [0.2, 0.25) is 0 Å². The van der Waals surface area contributed by atoms with E-state index >= 15 is 0 Å². The Hall–Kier alpha value is -0.890. The average Bonchev–Trinajstić information content (AvgIpc) is 3.40. The second-order valence-corrected chi connectivity index (χ2v) is 14.1. The van der Waals surface area contributed by atoms with Crippen molar-refractivity contribution < 1.29 is 14.6 Å². The Balaban J connectivity index is 0.978. The lowest BCUT2D eigenvalue weighted by Crippen LogP contribution is -2.52. The van der Waals surface area contributed by atoms with E-state index in [0.717, 1.165) is 44.2 Å². The maximum atomic E-state index is 9.99. The fourth-order valence-corrected chi connectivity index (χ4v) is 9.48. The van der Waals surface area contributed by atoms with Crippen molar-refractivity contribution in [2.75, 3.05) is 6.61 Å². The predicted octanol–water partition coefficient (Wildman–Crippen LogP) is 5.26. The van der Waals surface area contributed by atoms with E-state index in [4.69, 9.17) is 9.47 Å². The van der Waals surface area contributed by atoms with Crippen LogP contribution in [0.5, 0.6) is 0 Å². The summed E-state index contributed by atoms with van der Waals surface area (Å²) in [5.74, 6) is 3.49. The molecule has 7 rings (SSSR count). The molecule has 10 unspecified atom stereocenters. The fourth-order valence-electron chi connectivity index (χ4n) is 7.95. The molecule has 2 bridgehead atoms. The van der Waals surface area contributed by atoms with Crippen LogP contribution in [0.4, 0.5) is 0 Å². The summed E-state index contributed by atoms with van der Waals surface area (Å²) in [6.07, 6.45) is 22.9. The highest BCUT2D eigenvalue weighted by molar-refractivity contribution is 8.00. The lowest BCUT2D eigenvalue weighted by Gasteiger charge is -2.50. The van der Waals surface area contributed by atoms with E-state index in [9.17, 15) is 5.11 Å². The molecule has 200 valence electrons. The molecule has 3 saturated carbocycles. The second-order valence-electron chi connectivity index (χ2n) is 12.4. The first-order chi connectivity index (χ1) is 17.6. The molecular weight excluding hydrogens is 470 g/mol. The zero-order valence-electron chi connectivity index (χ0n) is 21.9. The van der Waals surface area contributed by atoms with Gasteiger partial charge in [-0.2, -0.15) is 16.9 Å². The third-order valence-electron chi connectivity index (χ3n) is 10.1. The molecule has 3 aliphatic heterocycles. The highest BCUT2D eigenvalue weighted by Gasteiger charge is 2.46. The van der Waals surface area contributed by atoms with Crippen LogP contribution < -0.4 is 0 Å². The van der Waals surface area contributed by atoms with Gasteiger partial charge in [0.05, 0.1) is 31.0 Å². The summed E-state index contributed by atoms with van der Waals surface area (Å²) in [5, 5.41) is 15.5. The Bertz CT molecular complexity index is 849. The minimum atomic E-state index is -0.0399. The smallest absolute Gasteiger partial charge is 0.137 e. The van der Waals surface area contributed by atoms with Gasteiger partial charge in [0.2, 0.25) is 0 Å². The van der Waals surface area contributed by atoms with Gasteiger partial charge in [0.1, 0.15) is 12.7 Å². The Morgan fingerprint density at radius 1 is 1.03 bits per heavy atom. The second kappa shape index (κ2) is 11.5. The molecule has 1 N–H and O–H groups in total. The maximum Gasteiger partial charge on any atom is 0.137 e. The Morgan fingerprint density at radius 2 is 1.89 bits per heavy atom. The van der Waals surface area contributed by atoms with E-state index in [-0.39, 0.29) is 12.2 Å². The molecule has 36 heavy (non-hydrogen) atoms. The van der Waals surface area contributed by atoms with Crippen molar-refractivity contribution in [1.82, 2.24) is 14.8 Å². The number of ether oxygens (including phenoxy) is 2. The van der Waals surface area contributed by atoms with Crippen molar-refractivity contribution in [3.05, 3.63) is 24.8 Å². The number of aliphatic hydroxyl groups excluding tert-OH is 1. The van der Waals surface area contributed by atoms with Gasteiger partial charge < -0.3 is 14.6 Å². The van der Waals surface area contributed by atoms with E-state index in [2.05, 4.69) is 40.9 Å². The number of aliphatic hydroxyl groups is 1. The van der Waals surface area contributed by atoms with Crippen molar-refractivity contribution in [1.29, 1.82) is 0 Å². The summed E-state index contributed by atoms with van der Waals surface area (Å²) in [5.41, 5.74) is 0. The zero-order chi connectivity index (χ0) is 24.5. The first-order valence-corrected chi connectivity index (χ1v) is 15.7. The fraction of sp³-hybridized carbons (Fsp3) is 0.862. The largest absolute Gasteiger partial charge is 0.393 e. The quantitative estimate of drug-likeness (QED) is 0.476. The molecule has 6 aliphatic rings. The van der Waals surface area contributed by atoms with Crippen LogP contribution in [0.1, 0.15) is 77.6 Å². The minimum Gasteiger partial charge on any atom is -0.393 e. The van der Waals surface area contributed by atoms with Crippen LogP contribution in [0.25, 0.3) is 0 Å². The van der Waals surface area contributed by atoms with Crippen LogP contribution in [0.15, 0.2) is 24.8 Å². The summed E-state index contributed by atoms with van der Waals surface area (Å²) in [4.78, 5) is 4.18. The van der Waals surface area contributed by atoms with Gasteiger partial charge in [-0.25, -0.2) is 4.98 Å². The van der Waals surface area contributed by atoms with Gasteiger partial charge in [-0.3, -0.25) is 4.68 Å². The third-order valence-corrected chi connectivity index (χ3v) is 11.6. The molecule has 3 saturated heterocycles. The van der Waals surface area contributed by atoms with E-state index in [1.165, 1.54) is 51.4 Å². The molecule has 1 aromatic heterocycles. The Labute approximate surface area is 221 Å². The van der Waals surface area contributed by atoms with Gasteiger partial charge in [-0.05, 0) is 93.8 Å². The number of allylic oxidation sites excluding steroid dienone is 1. The van der Waals surface area contributed by atoms with Crippen molar-refractivity contribution in [2.45, 2.75) is 119 Å². The van der Waals surface area contributed by atoms with Gasteiger partial charge >= 0.3 is 0 Å². The number of fused-ring (bicyclic) bond motifs is 3. The molecular formula is C29H45N3O3S. The summed E-state index contributed by atoms with van der Waals surface area (Å²) >= 11 is 2.14. The summed E-state index contributed by atoms with van der Waals surface area (Å²) < 4.78 is 14.5. The number of rotatable bonds is 8. The summed E-state index contributed by atoms with van der Waals surface area (Å²) in [6, 6.07) is 0. The Kier molecular flexibility index (Phi) is 8.09. The lowest BCUT2D eigenvalue weighted by atomic mass is 9.67. The van der Waals surface area contributed by atoms with Crippen molar-refractivity contribution >= 4 is 11.8 Å². The lowest BCUT2D eigenvalue weighted by molar-refractivity contribution is -0.196. The zero-order valence-corrected chi connectivity index (χ0v) is 22.7. The number of hydrogen-bond acceptors (Lipinski definition) is 6. The van der Waals surface area contributed by atoms with Crippen molar-refractivity contribution in [3.63, 3.8) is 0 Å². The molecule has 4 heterocycles. The Morgan fingerprint density at radius 3 is 2.64 bits per heavy atom. The normalized spacial score (nSPS) is 42.4. The summed E-state index contributed by atoms with van der Waals surface area (Å²) in [7, 11) is 0. The summed E-state index contributed by atoms with van der Waals surface area (Å²) in [6.45, 7) is 4.22. The maximum absolute atomic E-state index is 9.99. The topological polar surface area (TPSA) is 69.4 Å². The van der Waals surface area contributed by atoms with Gasteiger partial charge in [-0.1, -0.05) is 19.1 Å². The van der Waals surface area contributed by atoms with Crippen LogP contribution in [0, 0.1) is 29.6 Å². The van der Waals surface area contributed by atoms with E-state index < -0.39 is 0 Å². The number of hydrogen-bond donors (Lipinski definition) is 1. The van der Waals surface area contributed by atoms with Crippen LogP contribution in [-0.2, 0) is 16.0 Å². The predicted molar refractivity (Wildman–Crippen MR) is 143 cm³/mol. The molecule has 3 aliphatic carbocycles. The number of nitrogens with zero attached hydrogens (tertiary/aromatic N) is 3. The standard InChI is InChI=1S/C29H45N3O3S/c1-19(28(15-32-18-30-17-31-32)27-11-9-25-14-29(27)35-25)36-26-10-8-24(34-16-26)7-3-20-2-4-22-13-23(33)6-5-21(22)12-20/h3,7,17-29,33H,2,4-6,8-16H2,1H3/b7-3+/t19?,20?,21?,22?,23?,24-,25?,26?,27?,28?,29?/m1/s1. The number of aromatic nitrogens is 3. The van der Waals surface area contributed by atoms with E-state index in [1.54, 1.807) is 6.33 Å². The van der Waals surface area contributed by atoms with E-state index in [0.29, 0.717) is 40.5 Å². The molecule has 6 fully saturated rings. The molecule has 6 nitrogen and oxygen atoms in total. The molecule has 7 heteroatoms. The van der Waals surface area contributed by atoms with Crippen molar-refractivity contribution in [2.24, 2.45) is 29.6 Å². The van der Waals surface area contributed by atoms with Crippen LogP contribution in [0.3, 0.4) is 0 Å². The average molecular weight is 516 g/mol. The van der Waals surface area contributed by atoms with E-state index in [1.807, 2.05) is 11.0 Å². The molecule has 0 spiro atoms. The van der Waals surface area contributed by atoms with Crippen molar-refractivity contribution in [3.8, 4) is 0 Å². The van der Waals surface area contributed by atoms with Crippen LogP contribution >= 0.6 is 11.8 Å². The van der Waals surface area contributed by atoms with Gasteiger partial charge in [-0.15, -0.1) is 0 Å². The molecule has 0 radical (unpaired) electrons. The molecule has 1 aromatic rings. The number of thioether (sulfide) groups is 1. The highest BCUT2D eigenvalue weighted by atomic mass is 32.2. The molecule has 11 atom stereocenters.